The van der Waals surface area contributed by atoms with Crippen LogP contribution < -0.4 is 0 Å². The van der Waals surface area contributed by atoms with Crippen LogP contribution in [0.3, 0.4) is 0 Å². The maximum Gasteiger partial charge on any atom is 0.157 e. The SMILES string of the molecule is CCCCCC1OC(OC)CCC1Sc1ccccc1. The summed E-state index contributed by atoms with van der Waals surface area (Å²) in [6.45, 7) is 2.25. The normalized spacial score (nSPS) is 26.6. The molecule has 1 fully saturated rings. The maximum absolute atomic E-state index is 6.12. The van der Waals surface area contributed by atoms with E-state index in [9.17, 15) is 0 Å². The Bertz CT molecular complexity index is 369. The van der Waals surface area contributed by atoms with Crippen LogP contribution in [-0.2, 0) is 9.47 Å². The van der Waals surface area contributed by atoms with E-state index in [1.807, 2.05) is 11.8 Å². The molecular formula is C17H26O2S. The fraction of sp³-hybridized carbons (Fsp3) is 0.647. The Labute approximate surface area is 127 Å². The first kappa shape index (κ1) is 15.9. The summed E-state index contributed by atoms with van der Waals surface area (Å²) in [5, 5.41) is 0.556. The first-order valence-corrected chi connectivity index (χ1v) is 8.61. The van der Waals surface area contributed by atoms with Crippen molar-refractivity contribution < 1.29 is 9.47 Å². The minimum Gasteiger partial charge on any atom is -0.356 e. The van der Waals surface area contributed by atoms with Gasteiger partial charge in [0, 0.05) is 17.3 Å². The molecule has 112 valence electrons. The van der Waals surface area contributed by atoms with Crippen LogP contribution in [0.25, 0.3) is 0 Å². The molecule has 0 aliphatic carbocycles. The third-order valence-corrected chi connectivity index (χ3v) is 5.20. The van der Waals surface area contributed by atoms with Gasteiger partial charge in [-0.05, 0) is 31.4 Å². The van der Waals surface area contributed by atoms with Gasteiger partial charge in [0.1, 0.15) is 0 Å². The summed E-state index contributed by atoms with van der Waals surface area (Å²) < 4.78 is 11.5. The number of thioether (sulfide) groups is 1. The minimum atomic E-state index is -0.00532. The van der Waals surface area contributed by atoms with E-state index in [1.54, 1.807) is 7.11 Å². The van der Waals surface area contributed by atoms with Crippen LogP contribution in [-0.4, -0.2) is 24.8 Å². The van der Waals surface area contributed by atoms with E-state index >= 15 is 0 Å². The van der Waals surface area contributed by atoms with Gasteiger partial charge in [0.2, 0.25) is 0 Å². The molecule has 1 aromatic carbocycles. The lowest BCUT2D eigenvalue weighted by molar-refractivity contribution is -0.178. The van der Waals surface area contributed by atoms with Crippen molar-refractivity contribution in [3.8, 4) is 0 Å². The minimum absolute atomic E-state index is 0.00532. The standard InChI is InChI=1S/C17H26O2S/c1-3-4-6-11-15-16(12-13-17(18-2)19-15)20-14-9-7-5-8-10-14/h5,7-10,15-17H,3-4,6,11-13H2,1-2H3. The third-order valence-electron chi connectivity index (χ3n) is 3.81. The number of hydrogen-bond donors (Lipinski definition) is 0. The van der Waals surface area contributed by atoms with Crippen LogP contribution in [0.5, 0.6) is 0 Å². The van der Waals surface area contributed by atoms with Crippen LogP contribution in [0.1, 0.15) is 45.4 Å². The van der Waals surface area contributed by atoms with Crippen molar-refractivity contribution >= 4 is 11.8 Å². The summed E-state index contributed by atoms with van der Waals surface area (Å²) >= 11 is 1.96. The first-order chi connectivity index (χ1) is 9.83. The largest absolute Gasteiger partial charge is 0.356 e. The van der Waals surface area contributed by atoms with Crippen molar-refractivity contribution in [2.75, 3.05) is 7.11 Å². The Balaban J connectivity index is 1.93. The third kappa shape index (κ3) is 4.80. The van der Waals surface area contributed by atoms with Crippen LogP contribution in [0.2, 0.25) is 0 Å². The fourth-order valence-electron chi connectivity index (χ4n) is 2.67. The second-order valence-corrected chi connectivity index (χ2v) is 6.69. The Morgan fingerprint density at radius 1 is 1.20 bits per heavy atom. The van der Waals surface area contributed by atoms with Gasteiger partial charge in [-0.15, -0.1) is 11.8 Å². The van der Waals surface area contributed by atoms with Crippen LogP contribution in [0, 0.1) is 0 Å². The summed E-state index contributed by atoms with van der Waals surface area (Å²) in [4.78, 5) is 1.34. The fourth-order valence-corrected chi connectivity index (χ4v) is 3.94. The van der Waals surface area contributed by atoms with Gasteiger partial charge in [-0.1, -0.05) is 44.4 Å². The average Bonchev–Trinajstić information content (AvgIpc) is 2.50. The number of hydrogen-bond acceptors (Lipinski definition) is 3. The van der Waals surface area contributed by atoms with Crippen molar-refractivity contribution in [2.45, 2.75) is 68.0 Å². The van der Waals surface area contributed by atoms with Crippen LogP contribution >= 0.6 is 11.8 Å². The van der Waals surface area contributed by atoms with Gasteiger partial charge in [0.15, 0.2) is 6.29 Å². The van der Waals surface area contributed by atoms with Crippen molar-refractivity contribution in [2.24, 2.45) is 0 Å². The lowest BCUT2D eigenvalue weighted by Gasteiger charge is -2.35. The molecule has 1 aliphatic heterocycles. The molecule has 2 nitrogen and oxygen atoms in total. The highest BCUT2D eigenvalue weighted by atomic mass is 32.2. The zero-order valence-electron chi connectivity index (χ0n) is 12.6. The second-order valence-electron chi connectivity index (χ2n) is 5.38. The van der Waals surface area contributed by atoms with E-state index in [0.29, 0.717) is 11.4 Å². The van der Waals surface area contributed by atoms with Crippen molar-refractivity contribution in [1.29, 1.82) is 0 Å². The summed E-state index contributed by atoms with van der Waals surface area (Å²) in [6.07, 6.45) is 7.46. The number of unbranched alkanes of at least 4 members (excludes halogenated alkanes) is 2. The summed E-state index contributed by atoms with van der Waals surface area (Å²) in [5.41, 5.74) is 0. The molecule has 1 heterocycles. The highest BCUT2D eigenvalue weighted by Gasteiger charge is 2.31. The lowest BCUT2D eigenvalue weighted by atomic mass is 10.0. The highest BCUT2D eigenvalue weighted by Crippen LogP contribution is 2.36. The predicted molar refractivity (Wildman–Crippen MR) is 85.1 cm³/mol. The molecule has 0 spiro atoms. The molecule has 3 unspecified atom stereocenters. The van der Waals surface area contributed by atoms with E-state index < -0.39 is 0 Å². The molecule has 0 N–H and O–H groups in total. The quantitative estimate of drug-likeness (QED) is 0.668. The van der Waals surface area contributed by atoms with Crippen LogP contribution in [0.15, 0.2) is 35.2 Å². The second kappa shape index (κ2) is 8.71. The monoisotopic (exact) mass is 294 g/mol. The molecular weight excluding hydrogens is 268 g/mol. The molecule has 1 aromatic rings. The number of benzene rings is 1. The van der Waals surface area contributed by atoms with E-state index in [1.165, 1.54) is 30.6 Å². The number of rotatable bonds is 7. The van der Waals surface area contributed by atoms with Gasteiger partial charge in [-0.3, -0.25) is 0 Å². The van der Waals surface area contributed by atoms with Crippen molar-refractivity contribution in [1.82, 2.24) is 0 Å². The summed E-state index contributed by atoms with van der Waals surface area (Å²) in [7, 11) is 1.75. The Morgan fingerprint density at radius 2 is 2.00 bits per heavy atom. The smallest absolute Gasteiger partial charge is 0.157 e. The van der Waals surface area contributed by atoms with Gasteiger partial charge in [-0.2, -0.15) is 0 Å². The molecule has 20 heavy (non-hydrogen) atoms. The van der Waals surface area contributed by atoms with Gasteiger partial charge < -0.3 is 9.47 Å². The molecule has 3 atom stereocenters. The molecule has 0 radical (unpaired) electrons. The Kier molecular flexibility index (Phi) is 6.91. The molecule has 3 heteroatoms. The van der Waals surface area contributed by atoms with Crippen LogP contribution in [0.4, 0.5) is 0 Å². The van der Waals surface area contributed by atoms with Gasteiger partial charge >= 0.3 is 0 Å². The van der Waals surface area contributed by atoms with E-state index in [2.05, 4.69) is 37.3 Å². The summed E-state index contributed by atoms with van der Waals surface area (Å²) in [5.74, 6) is 0. The molecule has 0 aromatic heterocycles. The highest BCUT2D eigenvalue weighted by molar-refractivity contribution is 8.00. The van der Waals surface area contributed by atoms with Gasteiger partial charge in [0.25, 0.3) is 0 Å². The van der Waals surface area contributed by atoms with E-state index in [0.717, 1.165) is 12.8 Å². The average molecular weight is 294 g/mol. The van der Waals surface area contributed by atoms with Gasteiger partial charge in [0.05, 0.1) is 6.10 Å². The zero-order valence-corrected chi connectivity index (χ0v) is 13.4. The molecule has 0 saturated carbocycles. The zero-order chi connectivity index (χ0) is 14.2. The molecule has 1 saturated heterocycles. The molecule has 0 amide bonds. The lowest BCUT2D eigenvalue weighted by Crippen LogP contribution is -2.37. The maximum atomic E-state index is 6.12. The van der Waals surface area contributed by atoms with Crippen molar-refractivity contribution in [3.63, 3.8) is 0 Å². The van der Waals surface area contributed by atoms with E-state index in [4.69, 9.17) is 9.47 Å². The molecule has 1 aliphatic rings. The van der Waals surface area contributed by atoms with Gasteiger partial charge in [-0.25, -0.2) is 0 Å². The number of ether oxygens (including phenoxy) is 2. The summed E-state index contributed by atoms with van der Waals surface area (Å²) in [6, 6.07) is 10.7. The predicted octanol–water partition coefficient (Wildman–Crippen LogP) is 4.88. The molecule has 0 bridgehead atoms. The topological polar surface area (TPSA) is 18.5 Å². The first-order valence-electron chi connectivity index (χ1n) is 7.73. The number of methoxy groups -OCH3 is 1. The molecule has 2 rings (SSSR count). The Hall–Kier alpha value is -0.510. The Morgan fingerprint density at radius 3 is 2.70 bits per heavy atom. The van der Waals surface area contributed by atoms with Crippen molar-refractivity contribution in [3.05, 3.63) is 30.3 Å². The van der Waals surface area contributed by atoms with E-state index in [-0.39, 0.29) is 6.29 Å².